The monoisotopic (exact) mass is 343 g/mol. The molecule has 0 aliphatic heterocycles. The number of esters is 1. The molecule has 1 heterocycles. The lowest BCUT2D eigenvalue weighted by Crippen LogP contribution is -2.24. The van der Waals surface area contributed by atoms with Gasteiger partial charge in [0.15, 0.2) is 0 Å². The lowest BCUT2D eigenvalue weighted by Gasteiger charge is -2.27. The smallest absolute Gasteiger partial charge is 0.308 e. The minimum atomic E-state index is -0.0384. The van der Waals surface area contributed by atoms with Crippen LogP contribution >= 0.6 is 27.3 Å². The van der Waals surface area contributed by atoms with Crippen LogP contribution in [0.15, 0.2) is 16.6 Å². The molecule has 1 aromatic heterocycles. The number of allylic oxidation sites excluding steroid dienone is 1. The first-order valence-corrected chi connectivity index (χ1v) is 8.20. The summed E-state index contributed by atoms with van der Waals surface area (Å²) < 4.78 is 6.12. The van der Waals surface area contributed by atoms with Crippen molar-refractivity contribution in [3.05, 3.63) is 21.6 Å². The lowest BCUT2D eigenvalue weighted by molar-refractivity contribution is -0.149. The first kappa shape index (κ1) is 14.7. The molecule has 0 atom stereocenters. The van der Waals surface area contributed by atoms with Crippen molar-refractivity contribution in [2.75, 3.05) is 6.61 Å². The van der Waals surface area contributed by atoms with Crippen molar-refractivity contribution in [3.63, 3.8) is 0 Å². The van der Waals surface area contributed by atoms with Gasteiger partial charge in [-0.1, -0.05) is 6.58 Å². The van der Waals surface area contributed by atoms with Crippen molar-refractivity contribution in [1.29, 1.82) is 0 Å². The van der Waals surface area contributed by atoms with E-state index in [9.17, 15) is 4.79 Å². The molecule has 3 nitrogen and oxygen atoms in total. The van der Waals surface area contributed by atoms with Gasteiger partial charge in [-0.2, -0.15) is 0 Å². The first-order chi connectivity index (χ1) is 9.11. The maximum Gasteiger partial charge on any atom is 0.308 e. The maximum absolute atomic E-state index is 11.7. The molecule has 1 aliphatic rings. The van der Waals surface area contributed by atoms with Gasteiger partial charge >= 0.3 is 5.97 Å². The van der Waals surface area contributed by atoms with E-state index in [2.05, 4.69) is 27.5 Å². The molecule has 104 valence electrons. The standard InChI is InChI=1S/C14H18BrNO2S/c1-3-18-14(17)11-6-4-10(5-7-11)9(2)13-16-8-12(15)19-13/h8,10-11H,2-7H2,1H3. The van der Waals surface area contributed by atoms with Gasteiger partial charge in [0, 0.05) is 0 Å². The molecule has 0 aromatic carbocycles. The predicted octanol–water partition coefficient (Wildman–Crippen LogP) is 4.29. The van der Waals surface area contributed by atoms with E-state index in [1.54, 1.807) is 11.3 Å². The van der Waals surface area contributed by atoms with Crippen LogP contribution in [0.25, 0.3) is 5.57 Å². The van der Waals surface area contributed by atoms with Crippen LogP contribution in [0.1, 0.15) is 37.6 Å². The number of nitrogens with zero attached hydrogens (tertiary/aromatic N) is 1. The highest BCUT2D eigenvalue weighted by atomic mass is 79.9. The van der Waals surface area contributed by atoms with Crippen LogP contribution in [-0.2, 0) is 9.53 Å². The quantitative estimate of drug-likeness (QED) is 0.765. The summed E-state index contributed by atoms with van der Waals surface area (Å²) in [7, 11) is 0. The minimum Gasteiger partial charge on any atom is -0.466 e. The Morgan fingerprint density at radius 3 is 2.63 bits per heavy atom. The van der Waals surface area contributed by atoms with Crippen LogP contribution in [0, 0.1) is 11.8 Å². The molecule has 1 aromatic rings. The third kappa shape index (κ3) is 3.66. The average molecular weight is 344 g/mol. The summed E-state index contributed by atoms with van der Waals surface area (Å²) in [5.41, 5.74) is 1.11. The van der Waals surface area contributed by atoms with Crippen molar-refractivity contribution in [1.82, 2.24) is 4.98 Å². The molecule has 19 heavy (non-hydrogen) atoms. The van der Waals surface area contributed by atoms with Crippen molar-refractivity contribution >= 4 is 38.8 Å². The van der Waals surface area contributed by atoms with Crippen LogP contribution in [0.5, 0.6) is 0 Å². The molecule has 0 saturated heterocycles. The summed E-state index contributed by atoms with van der Waals surface area (Å²) >= 11 is 5.04. The van der Waals surface area contributed by atoms with Crippen LogP contribution < -0.4 is 0 Å². The van der Waals surface area contributed by atoms with Gasteiger partial charge in [0.2, 0.25) is 0 Å². The fourth-order valence-electron chi connectivity index (χ4n) is 2.52. The van der Waals surface area contributed by atoms with Gasteiger partial charge in [-0.3, -0.25) is 4.79 Å². The number of thiazole rings is 1. The number of ether oxygens (including phenoxy) is 1. The molecule has 1 saturated carbocycles. The van der Waals surface area contributed by atoms with Crippen LogP contribution in [0.3, 0.4) is 0 Å². The molecular formula is C14H18BrNO2S. The zero-order valence-electron chi connectivity index (χ0n) is 11.0. The molecule has 1 aliphatic carbocycles. The summed E-state index contributed by atoms with van der Waals surface area (Å²) in [4.78, 5) is 16.0. The van der Waals surface area contributed by atoms with Crippen LogP contribution in [0.2, 0.25) is 0 Å². The fraction of sp³-hybridized carbons (Fsp3) is 0.571. The highest BCUT2D eigenvalue weighted by Gasteiger charge is 2.29. The Balaban J connectivity index is 1.89. The first-order valence-electron chi connectivity index (χ1n) is 6.59. The van der Waals surface area contributed by atoms with Crippen molar-refractivity contribution in [2.24, 2.45) is 11.8 Å². The molecule has 0 N–H and O–H groups in total. The summed E-state index contributed by atoms with van der Waals surface area (Å²) in [5, 5.41) is 1.01. The molecule has 0 bridgehead atoms. The number of hydrogen-bond acceptors (Lipinski definition) is 4. The second-order valence-electron chi connectivity index (χ2n) is 4.80. The summed E-state index contributed by atoms with van der Waals surface area (Å²) in [6.07, 6.45) is 5.61. The fourth-order valence-corrected chi connectivity index (χ4v) is 3.77. The number of halogens is 1. The minimum absolute atomic E-state index is 0.0384. The van der Waals surface area contributed by atoms with E-state index < -0.39 is 0 Å². The molecular weight excluding hydrogens is 326 g/mol. The normalized spacial score (nSPS) is 23.1. The Morgan fingerprint density at radius 1 is 1.47 bits per heavy atom. The Labute approximate surface area is 126 Å². The van der Waals surface area contributed by atoms with Crippen molar-refractivity contribution in [2.45, 2.75) is 32.6 Å². The molecule has 1 fully saturated rings. The number of carbonyl (C=O) groups excluding carboxylic acids is 1. The summed E-state index contributed by atoms with van der Waals surface area (Å²) in [6.45, 7) is 6.50. The van der Waals surface area contributed by atoms with Gasteiger partial charge < -0.3 is 4.74 Å². The van der Waals surface area contributed by atoms with Gasteiger partial charge in [-0.25, -0.2) is 4.98 Å². The summed E-state index contributed by atoms with van der Waals surface area (Å²) in [5.74, 6) is 0.485. The Morgan fingerprint density at radius 2 is 2.11 bits per heavy atom. The zero-order valence-corrected chi connectivity index (χ0v) is 13.4. The average Bonchev–Trinajstić information content (AvgIpc) is 2.85. The van der Waals surface area contributed by atoms with Gasteiger partial charge in [0.1, 0.15) is 5.01 Å². The van der Waals surface area contributed by atoms with E-state index in [1.165, 1.54) is 0 Å². The number of aromatic nitrogens is 1. The van der Waals surface area contributed by atoms with E-state index in [-0.39, 0.29) is 11.9 Å². The van der Waals surface area contributed by atoms with E-state index in [4.69, 9.17) is 4.74 Å². The van der Waals surface area contributed by atoms with E-state index in [0.717, 1.165) is 40.1 Å². The number of carbonyl (C=O) groups is 1. The Kier molecular flexibility index (Phi) is 5.16. The van der Waals surface area contributed by atoms with Gasteiger partial charge in [-0.05, 0) is 60.0 Å². The third-order valence-electron chi connectivity index (χ3n) is 3.59. The number of hydrogen-bond donors (Lipinski definition) is 0. The Hall–Kier alpha value is -0.680. The predicted molar refractivity (Wildman–Crippen MR) is 80.9 cm³/mol. The molecule has 5 heteroatoms. The Bertz CT molecular complexity index is 464. The number of rotatable bonds is 4. The summed E-state index contributed by atoms with van der Waals surface area (Å²) in [6, 6.07) is 0. The topological polar surface area (TPSA) is 39.2 Å². The maximum atomic E-state index is 11.7. The molecule has 0 unspecified atom stereocenters. The van der Waals surface area contributed by atoms with E-state index in [1.807, 2.05) is 13.1 Å². The third-order valence-corrected chi connectivity index (χ3v) is 5.14. The second-order valence-corrected chi connectivity index (χ2v) is 7.21. The van der Waals surface area contributed by atoms with E-state index in [0.29, 0.717) is 12.5 Å². The zero-order chi connectivity index (χ0) is 13.8. The largest absolute Gasteiger partial charge is 0.466 e. The van der Waals surface area contributed by atoms with Crippen molar-refractivity contribution in [3.8, 4) is 0 Å². The van der Waals surface area contributed by atoms with E-state index >= 15 is 0 Å². The molecule has 0 spiro atoms. The second kappa shape index (κ2) is 6.66. The van der Waals surface area contributed by atoms with Crippen molar-refractivity contribution < 1.29 is 9.53 Å². The molecule has 2 rings (SSSR count). The van der Waals surface area contributed by atoms with Crippen LogP contribution in [-0.4, -0.2) is 17.6 Å². The lowest BCUT2D eigenvalue weighted by atomic mass is 9.79. The molecule has 0 radical (unpaired) electrons. The highest BCUT2D eigenvalue weighted by Crippen LogP contribution is 2.38. The molecule has 0 amide bonds. The van der Waals surface area contributed by atoms with Gasteiger partial charge in [-0.15, -0.1) is 11.3 Å². The van der Waals surface area contributed by atoms with Gasteiger partial charge in [0.25, 0.3) is 0 Å². The van der Waals surface area contributed by atoms with Crippen LogP contribution in [0.4, 0.5) is 0 Å². The highest BCUT2D eigenvalue weighted by molar-refractivity contribution is 9.11. The SMILES string of the molecule is C=C(c1ncc(Br)s1)C1CCC(C(=O)OCC)CC1. The van der Waals surface area contributed by atoms with Gasteiger partial charge in [0.05, 0.1) is 22.5 Å².